The van der Waals surface area contributed by atoms with Crippen molar-refractivity contribution in [3.8, 4) is 6.07 Å². The molecule has 1 aliphatic carbocycles. The van der Waals surface area contributed by atoms with Gasteiger partial charge in [-0.25, -0.2) is 9.40 Å². The molecule has 4 rings (SSSR count). The van der Waals surface area contributed by atoms with Crippen molar-refractivity contribution in [2.24, 2.45) is 11.1 Å². The summed E-state index contributed by atoms with van der Waals surface area (Å²) in [5.74, 6) is -2.56. The van der Waals surface area contributed by atoms with Crippen LogP contribution >= 0.6 is 11.6 Å². The molecule has 1 amide bonds. The Kier molecular flexibility index (Phi) is 5.68. The fraction of sp³-hybridized carbons (Fsp3) is 0.250. The molecule has 9 heteroatoms. The van der Waals surface area contributed by atoms with Gasteiger partial charge in [-0.3, -0.25) is 20.0 Å². The lowest BCUT2D eigenvalue weighted by Crippen LogP contribution is -2.50. The minimum absolute atomic E-state index is 0.0133. The molecule has 1 unspecified atom stereocenters. The van der Waals surface area contributed by atoms with Gasteiger partial charge in [-0.05, 0) is 36.1 Å². The molecule has 168 valence electrons. The zero-order chi connectivity index (χ0) is 23.9. The second-order valence-corrected chi connectivity index (χ2v) is 9.20. The lowest BCUT2D eigenvalue weighted by Gasteiger charge is -2.43. The molecule has 2 heterocycles. The molecule has 0 fully saturated rings. The van der Waals surface area contributed by atoms with Crippen molar-refractivity contribution >= 4 is 23.3 Å². The number of aromatic nitrogens is 1. The van der Waals surface area contributed by atoms with Crippen LogP contribution in [0.25, 0.3) is 0 Å². The number of amides is 1. The predicted molar refractivity (Wildman–Crippen MR) is 120 cm³/mol. The maximum atomic E-state index is 15.0. The first-order valence-electron chi connectivity index (χ1n) is 10.3. The van der Waals surface area contributed by atoms with E-state index in [2.05, 4.69) is 10.4 Å². The minimum atomic E-state index is -1.07. The maximum Gasteiger partial charge on any atom is 0.270 e. The van der Waals surface area contributed by atoms with Crippen LogP contribution in [-0.2, 0) is 4.79 Å². The second kappa shape index (κ2) is 8.34. The molecular weight excluding hydrogens is 445 g/mol. The molecule has 7 nitrogen and oxygen atoms in total. The summed E-state index contributed by atoms with van der Waals surface area (Å²) in [5.41, 5.74) is 9.53. The number of hydrogen-bond acceptors (Lipinski definition) is 6. The minimum Gasteiger partial charge on any atom is -0.383 e. The number of nitriles is 1. The number of ketones is 1. The third kappa shape index (κ3) is 3.96. The largest absolute Gasteiger partial charge is 0.383 e. The van der Waals surface area contributed by atoms with Gasteiger partial charge in [0.2, 0.25) is 0 Å². The van der Waals surface area contributed by atoms with Gasteiger partial charge >= 0.3 is 0 Å². The highest BCUT2D eigenvalue weighted by atomic mass is 35.5. The van der Waals surface area contributed by atoms with Crippen molar-refractivity contribution in [2.45, 2.75) is 32.6 Å². The lowest BCUT2D eigenvalue weighted by molar-refractivity contribution is -0.118. The van der Waals surface area contributed by atoms with Gasteiger partial charge in [0.1, 0.15) is 11.6 Å². The molecule has 1 aromatic heterocycles. The van der Waals surface area contributed by atoms with Gasteiger partial charge in [-0.2, -0.15) is 5.26 Å². The van der Waals surface area contributed by atoms with E-state index in [0.29, 0.717) is 17.7 Å². The van der Waals surface area contributed by atoms with Crippen LogP contribution in [0.3, 0.4) is 0 Å². The zero-order valence-corrected chi connectivity index (χ0v) is 18.8. The summed E-state index contributed by atoms with van der Waals surface area (Å²) in [5, 5.41) is 11.3. The molecule has 0 bridgehead atoms. The highest BCUT2D eigenvalue weighted by molar-refractivity contribution is 6.31. The van der Waals surface area contributed by atoms with E-state index in [0.717, 1.165) is 0 Å². The average Bonchev–Trinajstić information content (AvgIpc) is 2.75. The Balaban J connectivity index is 1.92. The molecule has 0 spiro atoms. The molecular formula is C24H21ClFN5O2. The molecule has 0 saturated heterocycles. The summed E-state index contributed by atoms with van der Waals surface area (Å²) in [6, 6.07) is 9.24. The normalized spacial score (nSPS) is 19.8. The molecule has 3 N–H and O–H groups in total. The third-order valence-electron chi connectivity index (χ3n) is 5.83. The van der Waals surface area contributed by atoms with Crippen molar-refractivity contribution in [1.29, 1.82) is 5.26 Å². The topological polar surface area (TPSA) is 112 Å². The molecule has 0 saturated carbocycles. The van der Waals surface area contributed by atoms with Crippen LogP contribution in [0.1, 0.15) is 48.5 Å². The third-order valence-corrected chi connectivity index (χ3v) is 6.15. The maximum absolute atomic E-state index is 15.0. The number of halogens is 2. The number of hydrogen-bond donors (Lipinski definition) is 2. The van der Waals surface area contributed by atoms with Crippen LogP contribution in [0, 0.1) is 22.6 Å². The number of rotatable bonds is 3. The van der Waals surface area contributed by atoms with Crippen molar-refractivity contribution in [2.75, 3.05) is 0 Å². The van der Waals surface area contributed by atoms with Gasteiger partial charge in [0.15, 0.2) is 5.78 Å². The SMILES string of the molecule is CC1(C)CC(=O)C2=C(C1)N(NC(=O)c1ccncc1)C(N)=C(C#N)C2c1c(F)cccc1Cl. The summed E-state index contributed by atoms with van der Waals surface area (Å²) in [4.78, 5) is 30.2. The standard InChI is InChI=1S/C24H21ClFN5O2/c1-24(2)10-17-21(18(32)11-24)19(20-15(25)4-3-5-16(20)26)14(12-27)22(28)31(17)30-23(33)13-6-8-29-9-7-13/h3-9,19H,10-11,28H2,1-2H3,(H,30,33). The number of Topliss-reactive ketones (excluding diaryl/α,β-unsaturated/α-hetero) is 1. The number of carbonyl (C=O) groups excluding carboxylic acids is 2. The number of nitrogens with one attached hydrogen (secondary N) is 1. The number of carbonyl (C=O) groups is 2. The number of nitrogens with zero attached hydrogens (tertiary/aromatic N) is 3. The van der Waals surface area contributed by atoms with E-state index in [1.807, 2.05) is 19.9 Å². The number of benzene rings is 1. The fourth-order valence-corrected chi connectivity index (χ4v) is 4.65. The van der Waals surface area contributed by atoms with E-state index >= 15 is 0 Å². The predicted octanol–water partition coefficient (Wildman–Crippen LogP) is 3.96. The quantitative estimate of drug-likeness (QED) is 0.709. The Morgan fingerprint density at radius 1 is 1.30 bits per heavy atom. The summed E-state index contributed by atoms with van der Waals surface area (Å²) in [6.45, 7) is 3.84. The summed E-state index contributed by atoms with van der Waals surface area (Å²) in [6.07, 6.45) is 3.50. The van der Waals surface area contributed by atoms with Gasteiger partial charge in [0.05, 0.1) is 23.3 Å². The van der Waals surface area contributed by atoms with Gasteiger partial charge in [0, 0.05) is 40.5 Å². The second-order valence-electron chi connectivity index (χ2n) is 8.79. The Labute approximate surface area is 195 Å². The first kappa shape index (κ1) is 22.5. The summed E-state index contributed by atoms with van der Waals surface area (Å²) < 4.78 is 15.0. The zero-order valence-electron chi connectivity index (χ0n) is 18.0. The smallest absolute Gasteiger partial charge is 0.270 e. The Morgan fingerprint density at radius 3 is 2.64 bits per heavy atom. The van der Waals surface area contributed by atoms with Crippen LogP contribution in [0.4, 0.5) is 4.39 Å². The number of nitrogens with two attached hydrogens (primary N) is 1. The number of hydrazine groups is 1. The van der Waals surface area contributed by atoms with Crippen molar-refractivity contribution in [3.05, 3.63) is 87.4 Å². The Morgan fingerprint density at radius 2 is 2.00 bits per heavy atom. The van der Waals surface area contributed by atoms with Crippen molar-refractivity contribution < 1.29 is 14.0 Å². The van der Waals surface area contributed by atoms with E-state index in [-0.39, 0.29) is 39.8 Å². The molecule has 1 atom stereocenters. The van der Waals surface area contributed by atoms with E-state index in [1.165, 1.54) is 47.7 Å². The number of pyridine rings is 1. The van der Waals surface area contributed by atoms with Crippen LogP contribution in [0.2, 0.25) is 5.02 Å². The molecule has 1 aliphatic heterocycles. The molecule has 2 aromatic rings. The first-order valence-corrected chi connectivity index (χ1v) is 10.6. The van der Waals surface area contributed by atoms with E-state index in [4.69, 9.17) is 17.3 Å². The van der Waals surface area contributed by atoms with E-state index in [1.54, 1.807) is 0 Å². The van der Waals surface area contributed by atoms with Crippen LogP contribution in [-0.4, -0.2) is 21.7 Å². The highest BCUT2D eigenvalue weighted by Crippen LogP contribution is 2.50. The Hall–Kier alpha value is -3.70. The molecule has 0 radical (unpaired) electrons. The van der Waals surface area contributed by atoms with Crippen molar-refractivity contribution in [3.63, 3.8) is 0 Å². The number of allylic oxidation sites excluding steroid dienone is 3. The Bertz CT molecular complexity index is 1240. The van der Waals surface area contributed by atoms with E-state index in [9.17, 15) is 19.2 Å². The van der Waals surface area contributed by atoms with Crippen molar-refractivity contribution in [1.82, 2.24) is 15.4 Å². The van der Waals surface area contributed by atoms with Gasteiger partial charge in [-0.1, -0.05) is 31.5 Å². The summed E-state index contributed by atoms with van der Waals surface area (Å²) in [7, 11) is 0. The average molecular weight is 466 g/mol. The van der Waals surface area contributed by atoms with Gasteiger partial charge in [-0.15, -0.1) is 0 Å². The van der Waals surface area contributed by atoms with Crippen LogP contribution in [0.15, 0.2) is 65.4 Å². The van der Waals surface area contributed by atoms with Gasteiger partial charge in [0.25, 0.3) is 5.91 Å². The fourth-order valence-electron chi connectivity index (χ4n) is 4.38. The molecule has 1 aromatic carbocycles. The monoisotopic (exact) mass is 465 g/mol. The van der Waals surface area contributed by atoms with Crippen LogP contribution in [0.5, 0.6) is 0 Å². The van der Waals surface area contributed by atoms with Gasteiger partial charge < -0.3 is 5.73 Å². The molecule has 33 heavy (non-hydrogen) atoms. The lowest BCUT2D eigenvalue weighted by atomic mass is 9.69. The van der Waals surface area contributed by atoms with E-state index < -0.39 is 23.1 Å². The highest BCUT2D eigenvalue weighted by Gasteiger charge is 2.46. The van der Waals surface area contributed by atoms with Crippen LogP contribution < -0.4 is 11.2 Å². The first-order chi connectivity index (χ1) is 15.6. The molecule has 2 aliphatic rings. The summed E-state index contributed by atoms with van der Waals surface area (Å²) >= 11 is 6.33.